The minimum atomic E-state index is -0.272. The normalized spacial score (nSPS) is 10.0. The Balaban J connectivity index is 2.50. The highest BCUT2D eigenvalue weighted by molar-refractivity contribution is 7.94. The molecule has 0 aliphatic rings. The molecule has 0 unspecified atom stereocenters. The Bertz CT molecular complexity index is 318. The first-order valence-electron chi connectivity index (χ1n) is 4.68. The zero-order valence-corrected chi connectivity index (χ0v) is 9.18. The lowest BCUT2D eigenvalue weighted by molar-refractivity contribution is 0.0947. The fraction of sp³-hybridized carbons (Fsp3) is 0.444. The minimum Gasteiger partial charge on any atom is -0.351 e. The monoisotopic (exact) mass is 229 g/mol. The molecule has 1 aromatic heterocycles. The van der Waals surface area contributed by atoms with Crippen LogP contribution in [0.15, 0.2) is 17.2 Å². The van der Waals surface area contributed by atoms with Gasteiger partial charge in [0, 0.05) is 6.54 Å². The van der Waals surface area contributed by atoms with E-state index in [9.17, 15) is 8.68 Å². The van der Waals surface area contributed by atoms with Crippen LogP contribution in [0.4, 0.5) is 3.89 Å². The summed E-state index contributed by atoms with van der Waals surface area (Å²) in [6, 6.07) is 2.88. The number of nitrogens with zero attached hydrogens (tertiary/aromatic N) is 2. The van der Waals surface area contributed by atoms with Crippen molar-refractivity contribution < 1.29 is 8.68 Å². The number of carbonyl (C=O) groups is 1. The van der Waals surface area contributed by atoms with Gasteiger partial charge in [-0.25, -0.2) is 0 Å². The van der Waals surface area contributed by atoms with Crippen molar-refractivity contribution in [2.24, 2.45) is 0 Å². The number of halogens is 1. The molecular weight excluding hydrogens is 217 g/mol. The molecule has 0 aliphatic heterocycles. The van der Waals surface area contributed by atoms with Crippen LogP contribution in [0.3, 0.4) is 0 Å². The molecule has 0 aromatic carbocycles. The van der Waals surface area contributed by atoms with E-state index in [2.05, 4.69) is 15.5 Å². The third kappa shape index (κ3) is 3.83. The highest BCUT2D eigenvalue weighted by Gasteiger charge is 2.07. The zero-order chi connectivity index (χ0) is 11.1. The van der Waals surface area contributed by atoms with E-state index in [-0.39, 0.29) is 28.8 Å². The SMILES string of the molecule is CCCCNC(=O)c1ccc(SF)nn1. The van der Waals surface area contributed by atoms with E-state index in [1.54, 1.807) is 0 Å². The molecule has 1 aromatic rings. The van der Waals surface area contributed by atoms with Crippen LogP contribution >= 0.6 is 12.1 Å². The molecule has 0 aliphatic carbocycles. The summed E-state index contributed by atoms with van der Waals surface area (Å²) in [4.78, 5) is 11.4. The average molecular weight is 229 g/mol. The van der Waals surface area contributed by atoms with E-state index in [1.807, 2.05) is 6.92 Å². The van der Waals surface area contributed by atoms with Gasteiger partial charge in [-0.3, -0.25) is 4.79 Å². The van der Waals surface area contributed by atoms with Gasteiger partial charge in [-0.05, 0) is 18.6 Å². The van der Waals surface area contributed by atoms with E-state index in [0.29, 0.717) is 6.54 Å². The van der Waals surface area contributed by atoms with Crippen LogP contribution in [-0.4, -0.2) is 22.6 Å². The molecular formula is C9H12FN3OS. The summed E-state index contributed by atoms with van der Waals surface area (Å²) in [5.74, 6) is -0.272. The lowest BCUT2D eigenvalue weighted by Gasteiger charge is -2.02. The summed E-state index contributed by atoms with van der Waals surface area (Å²) in [7, 11) is 0. The molecule has 1 rings (SSSR count). The first kappa shape index (κ1) is 11.9. The summed E-state index contributed by atoms with van der Waals surface area (Å²) < 4.78 is 12.0. The maximum atomic E-state index is 12.0. The van der Waals surface area contributed by atoms with Crippen LogP contribution in [0.1, 0.15) is 30.3 Å². The second-order valence-corrected chi connectivity index (χ2v) is 3.52. The number of unbranched alkanes of at least 4 members (excludes halogenated alkanes) is 1. The van der Waals surface area contributed by atoms with Crippen LogP contribution in [0.5, 0.6) is 0 Å². The van der Waals surface area contributed by atoms with Gasteiger partial charge in [0.05, 0.1) is 0 Å². The number of hydrogen-bond donors (Lipinski definition) is 1. The van der Waals surface area contributed by atoms with E-state index in [0.717, 1.165) is 12.8 Å². The fourth-order valence-corrected chi connectivity index (χ4v) is 1.14. The van der Waals surface area contributed by atoms with E-state index in [4.69, 9.17) is 0 Å². The van der Waals surface area contributed by atoms with Crippen molar-refractivity contribution >= 4 is 18.1 Å². The van der Waals surface area contributed by atoms with E-state index < -0.39 is 0 Å². The summed E-state index contributed by atoms with van der Waals surface area (Å²) in [6.07, 6.45) is 1.95. The third-order valence-electron chi connectivity index (χ3n) is 1.77. The molecule has 1 amide bonds. The fourth-order valence-electron chi connectivity index (χ4n) is 0.952. The molecule has 4 nitrogen and oxygen atoms in total. The lowest BCUT2D eigenvalue weighted by Crippen LogP contribution is -2.25. The maximum Gasteiger partial charge on any atom is 0.271 e. The van der Waals surface area contributed by atoms with Gasteiger partial charge < -0.3 is 5.32 Å². The van der Waals surface area contributed by atoms with Crippen LogP contribution in [-0.2, 0) is 0 Å². The van der Waals surface area contributed by atoms with Gasteiger partial charge in [-0.15, -0.1) is 10.2 Å². The molecule has 0 atom stereocenters. The van der Waals surface area contributed by atoms with E-state index in [1.165, 1.54) is 12.1 Å². The van der Waals surface area contributed by atoms with Crippen LogP contribution in [0, 0.1) is 0 Å². The number of aromatic nitrogens is 2. The van der Waals surface area contributed by atoms with Crippen molar-refractivity contribution in [3.63, 3.8) is 0 Å². The summed E-state index contributed by atoms with van der Waals surface area (Å²) in [5, 5.41) is 9.98. The van der Waals surface area contributed by atoms with Crippen molar-refractivity contribution in [3.05, 3.63) is 17.8 Å². The predicted octanol–water partition coefficient (Wildman–Crippen LogP) is 1.98. The van der Waals surface area contributed by atoms with Crippen molar-refractivity contribution in [1.82, 2.24) is 15.5 Å². The summed E-state index contributed by atoms with van der Waals surface area (Å²) in [5.41, 5.74) is 0.212. The quantitative estimate of drug-likeness (QED) is 0.784. The first-order valence-corrected chi connectivity index (χ1v) is 5.40. The maximum absolute atomic E-state index is 12.0. The minimum absolute atomic E-state index is 0.00538. The van der Waals surface area contributed by atoms with Crippen molar-refractivity contribution in [3.8, 4) is 0 Å². The number of hydrogen-bond acceptors (Lipinski definition) is 4. The van der Waals surface area contributed by atoms with Gasteiger partial charge in [0.1, 0.15) is 12.1 Å². The molecule has 15 heavy (non-hydrogen) atoms. The molecule has 0 bridgehead atoms. The lowest BCUT2D eigenvalue weighted by atomic mass is 10.3. The Hall–Kier alpha value is -1.17. The van der Waals surface area contributed by atoms with Gasteiger partial charge >= 0.3 is 0 Å². The Morgan fingerprint density at radius 3 is 2.87 bits per heavy atom. The molecule has 0 radical (unpaired) electrons. The van der Waals surface area contributed by atoms with Crippen LogP contribution in [0.2, 0.25) is 0 Å². The molecule has 1 N–H and O–H groups in total. The number of amides is 1. The Kier molecular flexibility index (Phi) is 5.03. The summed E-state index contributed by atoms with van der Waals surface area (Å²) in [6.45, 7) is 2.66. The molecule has 6 heteroatoms. The zero-order valence-electron chi connectivity index (χ0n) is 8.36. The number of carbonyl (C=O) groups excluding carboxylic acids is 1. The largest absolute Gasteiger partial charge is 0.351 e. The van der Waals surface area contributed by atoms with Crippen molar-refractivity contribution in [2.45, 2.75) is 24.8 Å². The first-order chi connectivity index (χ1) is 7.27. The molecule has 0 spiro atoms. The third-order valence-corrected chi connectivity index (χ3v) is 2.14. The Morgan fingerprint density at radius 1 is 1.53 bits per heavy atom. The molecule has 1 heterocycles. The molecule has 82 valence electrons. The van der Waals surface area contributed by atoms with Crippen molar-refractivity contribution in [2.75, 3.05) is 6.54 Å². The standard InChI is InChI=1S/C9H12FN3OS/c1-2-3-6-11-9(14)7-4-5-8(15-10)13-12-7/h4-5H,2-3,6H2,1H3,(H,11,14). The molecule has 0 saturated carbocycles. The topological polar surface area (TPSA) is 54.9 Å². The smallest absolute Gasteiger partial charge is 0.271 e. The Labute approximate surface area is 92.0 Å². The van der Waals surface area contributed by atoms with Gasteiger partial charge in [0.25, 0.3) is 5.91 Å². The van der Waals surface area contributed by atoms with Gasteiger partial charge in [-0.2, -0.15) is 3.89 Å². The number of rotatable bonds is 5. The second kappa shape index (κ2) is 6.34. The number of nitrogens with one attached hydrogen (secondary N) is 1. The predicted molar refractivity (Wildman–Crippen MR) is 56.2 cm³/mol. The highest BCUT2D eigenvalue weighted by Crippen LogP contribution is 2.13. The summed E-state index contributed by atoms with van der Waals surface area (Å²) >= 11 is 0.00538. The molecule has 0 saturated heterocycles. The highest BCUT2D eigenvalue weighted by atomic mass is 32.2. The van der Waals surface area contributed by atoms with Gasteiger partial charge in [-0.1, -0.05) is 13.3 Å². The van der Waals surface area contributed by atoms with E-state index >= 15 is 0 Å². The van der Waals surface area contributed by atoms with Gasteiger partial charge in [0.15, 0.2) is 10.7 Å². The molecule has 0 fully saturated rings. The Morgan fingerprint density at radius 2 is 2.33 bits per heavy atom. The van der Waals surface area contributed by atoms with Crippen LogP contribution < -0.4 is 5.32 Å². The van der Waals surface area contributed by atoms with Crippen molar-refractivity contribution in [1.29, 1.82) is 0 Å². The van der Waals surface area contributed by atoms with Gasteiger partial charge in [0.2, 0.25) is 0 Å². The van der Waals surface area contributed by atoms with Crippen LogP contribution in [0.25, 0.3) is 0 Å². The average Bonchev–Trinajstić information content (AvgIpc) is 2.29. The second-order valence-electron chi connectivity index (χ2n) is 2.94.